The van der Waals surface area contributed by atoms with Gasteiger partial charge in [-0.05, 0) is 13.8 Å². The van der Waals surface area contributed by atoms with Gasteiger partial charge >= 0.3 is 5.69 Å². The van der Waals surface area contributed by atoms with Crippen molar-refractivity contribution in [1.82, 2.24) is 14.8 Å². The van der Waals surface area contributed by atoms with Gasteiger partial charge in [0.1, 0.15) is 5.69 Å². The highest BCUT2D eigenvalue weighted by atomic mass is 32.1. The quantitative estimate of drug-likeness (QED) is 0.676. The van der Waals surface area contributed by atoms with Crippen molar-refractivity contribution in [3.05, 3.63) is 31.9 Å². The molecule has 0 fully saturated rings. The molecule has 0 aromatic carbocycles. The number of nitro groups is 1. The number of thiazole rings is 1. The number of nitrogens with zero attached hydrogens (tertiary/aromatic N) is 4. The van der Waals surface area contributed by atoms with E-state index in [1.807, 2.05) is 6.92 Å². The van der Waals surface area contributed by atoms with Gasteiger partial charge in [0, 0.05) is 18.1 Å². The lowest BCUT2D eigenvalue weighted by Gasteiger charge is -2.03. The standard InChI is InChI=1S/C10H13N5O2S/c1-6-9(15(16)17)10(14(3)13-6)12-5-8-4-11-7(2)18-8/h4,12H,5H2,1-3H3. The van der Waals surface area contributed by atoms with Crippen LogP contribution < -0.4 is 5.32 Å². The van der Waals surface area contributed by atoms with Crippen LogP contribution in [0, 0.1) is 24.0 Å². The Morgan fingerprint density at radius 2 is 2.28 bits per heavy atom. The normalized spacial score (nSPS) is 10.6. The molecule has 7 nitrogen and oxygen atoms in total. The number of aryl methyl sites for hydroxylation is 3. The molecule has 2 aromatic heterocycles. The first-order valence-electron chi connectivity index (χ1n) is 5.32. The fraction of sp³-hybridized carbons (Fsp3) is 0.400. The van der Waals surface area contributed by atoms with Crippen molar-refractivity contribution in [3.63, 3.8) is 0 Å². The molecule has 0 saturated carbocycles. The van der Waals surface area contributed by atoms with Crippen molar-refractivity contribution in [2.24, 2.45) is 7.05 Å². The Labute approximate surface area is 108 Å². The molecule has 0 amide bonds. The van der Waals surface area contributed by atoms with Gasteiger partial charge in [0.05, 0.1) is 16.5 Å². The Balaban J connectivity index is 2.21. The highest BCUT2D eigenvalue weighted by Gasteiger charge is 2.23. The summed E-state index contributed by atoms with van der Waals surface area (Å²) in [5, 5.41) is 19.0. The maximum atomic E-state index is 11.0. The molecule has 18 heavy (non-hydrogen) atoms. The molecule has 0 aliphatic rings. The van der Waals surface area contributed by atoms with Crippen molar-refractivity contribution >= 4 is 22.8 Å². The molecule has 0 aliphatic carbocycles. The van der Waals surface area contributed by atoms with Gasteiger partial charge in [0.2, 0.25) is 5.82 Å². The summed E-state index contributed by atoms with van der Waals surface area (Å²) in [6, 6.07) is 0. The van der Waals surface area contributed by atoms with Gasteiger partial charge in [-0.1, -0.05) is 0 Å². The van der Waals surface area contributed by atoms with E-state index in [4.69, 9.17) is 0 Å². The van der Waals surface area contributed by atoms with Gasteiger partial charge in [-0.2, -0.15) is 5.10 Å². The van der Waals surface area contributed by atoms with Crippen LogP contribution >= 0.6 is 11.3 Å². The summed E-state index contributed by atoms with van der Waals surface area (Å²) in [7, 11) is 1.68. The van der Waals surface area contributed by atoms with Crippen molar-refractivity contribution in [2.75, 3.05) is 5.32 Å². The lowest BCUT2D eigenvalue weighted by atomic mass is 10.4. The predicted octanol–water partition coefficient (Wildman–Crippen LogP) is 2.01. The number of rotatable bonds is 4. The van der Waals surface area contributed by atoms with E-state index in [1.54, 1.807) is 31.5 Å². The summed E-state index contributed by atoms with van der Waals surface area (Å²) in [4.78, 5) is 15.7. The van der Waals surface area contributed by atoms with E-state index in [1.165, 1.54) is 4.68 Å². The van der Waals surface area contributed by atoms with Gasteiger partial charge in [-0.15, -0.1) is 11.3 Å². The van der Waals surface area contributed by atoms with Gasteiger partial charge < -0.3 is 5.32 Å². The van der Waals surface area contributed by atoms with Crippen molar-refractivity contribution in [2.45, 2.75) is 20.4 Å². The van der Waals surface area contributed by atoms with E-state index >= 15 is 0 Å². The Morgan fingerprint density at radius 1 is 1.56 bits per heavy atom. The number of hydrogen-bond donors (Lipinski definition) is 1. The summed E-state index contributed by atoms with van der Waals surface area (Å²) in [5.41, 5.74) is 0.434. The number of anilines is 1. The zero-order chi connectivity index (χ0) is 13.3. The second kappa shape index (κ2) is 4.73. The third-order valence-electron chi connectivity index (χ3n) is 2.47. The largest absolute Gasteiger partial charge is 0.360 e. The minimum Gasteiger partial charge on any atom is -0.360 e. The highest BCUT2D eigenvalue weighted by Crippen LogP contribution is 2.28. The minimum atomic E-state index is -0.414. The summed E-state index contributed by atoms with van der Waals surface area (Å²) >= 11 is 1.56. The monoisotopic (exact) mass is 267 g/mol. The average Bonchev–Trinajstić information content (AvgIpc) is 2.79. The van der Waals surface area contributed by atoms with E-state index in [2.05, 4.69) is 15.4 Å². The van der Waals surface area contributed by atoms with Crippen LogP contribution in [0.15, 0.2) is 6.20 Å². The molecule has 2 heterocycles. The fourth-order valence-corrected chi connectivity index (χ4v) is 2.46. The molecule has 0 atom stereocenters. The van der Waals surface area contributed by atoms with Crippen LogP contribution in [0.3, 0.4) is 0 Å². The average molecular weight is 267 g/mol. The van der Waals surface area contributed by atoms with Crippen LogP contribution in [0.5, 0.6) is 0 Å². The summed E-state index contributed by atoms with van der Waals surface area (Å²) in [5.74, 6) is 0.420. The van der Waals surface area contributed by atoms with Crippen molar-refractivity contribution < 1.29 is 4.92 Å². The Morgan fingerprint density at radius 3 is 2.83 bits per heavy atom. The number of aromatic nitrogens is 3. The molecule has 1 N–H and O–H groups in total. The summed E-state index contributed by atoms with van der Waals surface area (Å²) in [6.07, 6.45) is 1.77. The van der Waals surface area contributed by atoms with Crippen molar-refractivity contribution in [1.29, 1.82) is 0 Å². The lowest BCUT2D eigenvalue weighted by Crippen LogP contribution is -2.05. The molecule has 8 heteroatoms. The first-order valence-corrected chi connectivity index (χ1v) is 6.14. The Bertz CT molecular complexity index is 589. The molecule has 0 spiro atoms. The van der Waals surface area contributed by atoms with Crippen LogP contribution in [0.4, 0.5) is 11.5 Å². The molecule has 2 rings (SSSR count). The third-order valence-corrected chi connectivity index (χ3v) is 3.39. The maximum absolute atomic E-state index is 11.0. The fourth-order valence-electron chi connectivity index (χ4n) is 1.72. The van der Waals surface area contributed by atoms with E-state index < -0.39 is 4.92 Å². The van der Waals surface area contributed by atoms with E-state index in [-0.39, 0.29) is 5.69 Å². The minimum absolute atomic E-state index is 0.0266. The molecule has 2 aromatic rings. The van der Waals surface area contributed by atoms with E-state index in [9.17, 15) is 10.1 Å². The Hall–Kier alpha value is -1.96. The van der Waals surface area contributed by atoms with Gasteiger partial charge in [-0.3, -0.25) is 10.1 Å². The smallest absolute Gasteiger partial charge is 0.333 e. The molecule has 96 valence electrons. The predicted molar refractivity (Wildman–Crippen MR) is 68.8 cm³/mol. The SMILES string of the molecule is Cc1ncc(CNc2c([N+](=O)[O-])c(C)nn2C)s1. The molecule has 0 aliphatic heterocycles. The third kappa shape index (κ3) is 2.33. The zero-order valence-corrected chi connectivity index (χ0v) is 11.1. The molecule has 0 unspecified atom stereocenters. The molecule has 0 radical (unpaired) electrons. The molecular weight excluding hydrogens is 254 g/mol. The van der Waals surface area contributed by atoms with Crippen LogP contribution in [0.25, 0.3) is 0 Å². The molecule has 0 bridgehead atoms. The lowest BCUT2D eigenvalue weighted by molar-refractivity contribution is -0.384. The number of hydrogen-bond acceptors (Lipinski definition) is 6. The van der Waals surface area contributed by atoms with E-state index in [0.717, 1.165) is 9.88 Å². The van der Waals surface area contributed by atoms with Crippen LogP contribution in [-0.4, -0.2) is 19.7 Å². The van der Waals surface area contributed by atoms with Gasteiger partial charge in [-0.25, -0.2) is 9.67 Å². The van der Waals surface area contributed by atoms with Gasteiger partial charge in [0.25, 0.3) is 0 Å². The first kappa shape index (κ1) is 12.5. The Kier molecular flexibility index (Phi) is 3.28. The van der Waals surface area contributed by atoms with Gasteiger partial charge in [0.15, 0.2) is 0 Å². The number of nitrogens with one attached hydrogen (secondary N) is 1. The maximum Gasteiger partial charge on any atom is 0.333 e. The van der Waals surface area contributed by atoms with E-state index in [0.29, 0.717) is 18.1 Å². The van der Waals surface area contributed by atoms with Crippen LogP contribution in [-0.2, 0) is 13.6 Å². The molecular formula is C10H13N5O2S. The second-order valence-corrected chi connectivity index (χ2v) is 5.18. The second-order valence-electron chi connectivity index (χ2n) is 3.86. The summed E-state index contributed by atoms with van der Waals surface area (Å²) < 4.78 is 1.49. The highest BCUT2D eigenvalue weighted by molar-refractivity contribution is 7.11. The van der Waals surface area contributed by atoms with Crippen LogP contribution in [0.2, 0.25) is 0 Å². The first-order chi connectivity index (χ1) is 8.49. The molecule has 0 saturated heterocycles. The van der Waals surface area contributed by atoms with Crippen LogP contribution in [0.1, 0.15) is 15.6 Å². The van der Waals surface area contributed by atoms with Crippen molar-refractivity contribution in [3.8, 4) is 0 Å². The topological polar surface area (TPSA) is 85.9 Å². The zero-order valence-electron chi connectivity index (χ0n) is 10.3. The summed E-state index contributed by atoms with van der Waals surface area (Å²) in [6.45, 7) is 4.05.